The molecule has 0 aromatic carbocycles. The van der Waals surface area contributed by atoms with Gasteiger partial charge in [0.25, 0.3) is 0 Å². The van der Waals surface area contributed by atoms with Crippen molar-refractivity contribution in [2.75, 3.05) is 0 Å². The Bertz CT molecular complexity index is 430. The van der Waals surface area contributed by atoms with Gasteiger partial charge in [0.15, 0.2) is 5.15 Å². The Labute approximate surface area is 86.7 Å². The number of hydrogen-bond acceptors (Lipinski definition) is 2. The molecular weight excluding hydrogens is 200 g/mol. The van der Waals surface area contributed by atoms with Crippen LogP contribution in [0, 0.1) is 0 Å². The Kier molecular flexibility index (Phi) is 2.31. The second kappa shape index (κ2) is 3.48. The average molecular weight is 211 g/mol. The highest BCUT2D eigenvalue weighted by Crippen LogP contribution is 2.27. The van der Waals surface area contributed by atoms with Crippen molar-refractivity contribution in [2.45, 2.75) is 6.54 Å². The predicted octanol–water partition coefficient (Wildman–Crippen LogP) is 1.53. The van der Waals surface area contributed by atoms with Gasteiger partial charge in [-0.1, -0.05) is 11.6 Å². The van der Waals surface area contributed by atoms with Crippen LogP contribution in [-0.4, -0.2) is 14.5 Å². The number of nitrogens with zero attached hydrogens (tertiary/aromatic N) is 2. The lowest BCUT2D eigenvalue weighted by Gasteiger charge is -2.02. The molecule has 0 atom stereocenters. The summed E-state index contributed by atoms with van der Waals surface area (Å²) >= 11 is 6.02. The fourth-order valence-electron chi connectivity index (χ4n) is 1.48. The molecule has 0 fully saturated rings. The lowest BCUT2D eigenvalue weighted by Crippen LogP contribution is -2.05. The van der Waals surface area contributed by atoms with E-state index in [0.717, 1.165) is 17.1 Å². The molecule has 0 aliphatic rings. The Morgan fingerprint density at radius 1 is 1.64 bits per heavy atom. The van der Waals surface area contributed by atoms with Crippen molar-refractivity contribution in [3.63, 3.8) is 0 Å². The summed E-state index contributed by atoms with van der Waals surface area (Å²) in [5.41, 5.74) is 7.45. The molecule has 4 nitrogen and oxygen atoms in total. The molecule has 0 radical (unpaired) electrons. The zero-order chi connectivity index (χ0) is 10.1. The van der Waals surface area contributed by atoms with Crippen LogP contribution in [0.4, 0.5) is 0 Å². The van der Waals surface area contributed by atoms with Gasteiger partial charge in [0.05, 0.1) is 12.2 Å². The number of imidazole rings is 1. The van der Waals surface area contributed by atoms with E-state index < -0.39 is 0 Å². The lowest BCUT2D eigenvalue weighted by atomic mass is 10.2. The van der Waals surface area contributed by atoms with Crippen LogP contribution < -0.4 is 5.73 Å². The molecule has 0 unspecified atom stereocenters. The lowest BCUT2D eigenvalue weighted by molar-refractivity contribution is 0.799. The first kappa shape index (κ1) is 9.30. The van der Waals surface area contributed by atoms with E-state index in [1.807, 2.05) is 30.1 Å². The number of nitrogens with two attached hydrogens (primary N) is 1. The van der Waals surface area contributed by atoms with Crippen molar-refractivity contribution < 1.29 is 0 Å². The first-order chi connectivity index (χ1) is 6.74. The van der Waals surface area contributed by atoms with Gasteiger partial charge in [-0.15, -0.1) is 0 Å². The normalized spacial score (nSPS) is 10.8. The van der Waals surface area contributed by atoms with E-state index in [-0.39, 0.29) is 0 Å². The highest BCUT2D eigenvalue weighted by Gasteiger charge is 2.13. The molecule has 0 saturated heterocycles. The van der Waals surface area contributed by atoms with E-state index in [2.05, 4.69) is 9.97 Å². The second-order valence-corrected chi connectivity index (χ2v) is 3.39. The highest BCUT2D eigenvalue weighted by atomic mass is 35.5. The van der Waals surface area contributed by atoms with Crippen LogP contribution in [0.25, 0.3) is 11.3 Å². The number of rotatable bonds is 2. The fourth-order valence-corrected chi connectivity index (χ4v) is 1.81. The third-order valence-corrected chi connectivity index (χ3v) is 2.46. The molecule has 2 rings (SSSR count). The maximum absolute atomic E-state index is 6.02. The molecule has 0 aliphatic heterocycles. The van der Waals surface area contributed by atoms with Gasteiger partial charge in [0.1, 0.15) is 5.82 Å². The van der Waals surface area contributed by atoms with Crippen LogP contribution in [0.1, 0.15) is 5.82 Å². The van der Waals surface area contributed by atoms with Crippen LogP contribution in [0.5, 0.6) is 0 Å². The number of aromatic nitrogens is 3. The molecular formula is C9H11ClN4. The zero-order valence-corrected chi connectivity index (χ0v) is 8.54. The van der Waals surface area contributed by atoms with Crippen LogP contribution >= 0.6 is 11.6 Å². The van der Waals surface area contributed by atoms with Gasteiger partial charge in [0, 0.05) is 25.0 Å². The van der Waals surface area contributed by atoms with E-state index in [1.54, 1.807) is 0 Å². The Morgan fingerprint density at radius 2 is 2.43 bits per heavy atom. The number of nitrogens with one attached hydrogen (secondary N) is 1. The maximum atomic E-state index is 6.02. The summed E-state index contributed by atoms with van der Waals surface area (Å²) < 4.78 is 1.91. The average Bonchev–Trinajstić information content (AvgIpc) is 2.74. The van der Waals surface area contributed by atoms with Crippen molar-refractivity contribution in [3.05, 3.63) is 29.4 Å². The highest BCUT2D eigenvalue weighted by molar-refractivity contribution is 6.32. The van der Waals surface area contributed by atoms with E-state index in [1.165, 1.54) is 0 Å². The summed E-state index contributed by atoms with van der Waals surface area (Å²) in [7, 11) is 1.91. The summed E-state index contributed by atoms with van der Waals surface area (Å²) in [6.45, 7) is 0.390. The third kappa shape index (κ3) is 1.32. The van der Waals surface area contributed by atoms with Gasteiger partial charge in [-0.3, -0.25) is 0 Å². The van der Waals surface area contributed by atoms with Crippen LogP contribution in [-0.2, 0) is 13.6 Å². The number of hydrogen-bond donors (Lipinski definition) is 2. The Balaban J connectivity index is 2.58. The van der Waals surface area contributed by atoms with E-state index in [0.29, 0.717) is 11.7 Å². The molecule has 5 heteroatoms. The Hall–Kier alpha value is -1.26. The third-order valence-electron chi connectivity index (χ3n) is 2.20. The molecule has 0 saturated carbocycles. The van der Waals surface area contributed by atoms with Gasteiger partial charge < -0.3 is 15.3 Å². The number of aromatic amines is 1. The smallest absolute Gasteiger partial charge is 0.155 e. The summed E-state index contributed by atoms with van der Waals surface area (Å²) in [5.74, 6) is 0.784. The molecule has 0 amide bonds. The molecule has 2 aromatic heterocycles. The molecule has 14 heavy (non-hydrogen) atoms. The van der Waals surface area contributed by atoms with Crippen molar-refractivity contribution in [3.8, 4) is 11.3 Å². The van der Waals surface area contributed by atoms with Crippen LogP contribution in [0.15, 0.2) is 18.5 Å². The van der Waals surface area contributed by atoms with Crippen molar-refractivity contribution >= 4 is 11.6 Å². The largest absolute Gasteiger partial charge is 0.367 e. The van der Waals surface area contributed by atoms with E-state index in [9.17, 15) is 0 Å². The summed E-state index contributed by atoms with van der Waals surface area (Å²) in [6.07, 6.45) is 3.73. The molecule has 3 N–H and O–H groups in total. The van der Waals surface area contributed by atoms with Gasteiger partial charge in [-0.05, 0) is 6.07 Å². The van der Waals surface area contributed by atoms with Gasteiger partial charge >= 0.3 is 0 Å². The Morgan fingerprint density at radius 3 is 2.93 bits per heavy atom. The zero-order valence-electron chi connectivity index (χ0n) is 7.79. The SMILES string of the molecule is Cn1c(CN)nc(Cl)c1-c1cc[nH]c1. The van der Waals surface area contributed by atoms with Gasteiger partial charge in [-0.2, -0.15) is 0 Å². The molecule has 74 valence electrons. The van der Waals surface area contributed by atoms with Crippen molar-refractivity contribution in [1.82, 2.24) is 14.5 Å². The first-order valence-electron chi connectivity index (χ1n) is 4.28. The summed E-state index contributed by atoms with van der Waals surface area (Å²) in [6, 6.07) is 1.95. The minimum Gasteiger partial charge on any atom is -0.367 e. The quantitative estimate of drug-likeness (QED) is 0.790. The van der Waals surface area contributed by atoms with Crippen molar-refractivity contribution in [1.29, 1.82) is 0 Å². The summed E-state index contributed by atoms with van der Waals surface area (Å²) in [5, 5.41) is 0.493. The molecule has 0 spiro atoms. The number of halogens is 1. The topological polar surface area (TPSA) is 59.6 Å². The minimum atomic E-state index is 0.390. The van der Waals surface area contributed by atoms with Crippen molar-refractivity contribution in [2.24, 2.45) is 12.8 Å². The van der Waals surface area contributed by atoms with Crippen LogP contribution in [0.2, 0.25) is 5.15 Å². The first-order valence-corrected chi connectivity index (χ1v) is 4.66. The predicted molar refractivity (Wildman–Crippen MR) is 55.9 cm³/mol. The monoisotopic (exact) mass is 210 g/mol. The molecule has 0 bridgehead atoms. The standard InChI is InChI=1S/C9H11ClN4/c1-14-7(4-11)13-9(10)8(14)6-2-3-12-5-6/h2-3,5,12H,4,11H2,1H3. The molecule has 2 aromatic rings. The molecule has 2 heterocycles. The fraction of sp³-hybridized carbons (Fsp3) is 0.222. The van der Waals surface area contributed by atoms with E-state index in [4.69, 9.17) is 17.3 Å². The van der Waals surface area contributed by atoms with Crippen LogP contribution in [0.3, 0.4) is 0 Å². The maximum Gasteiger partial charge on any atom is 0.155 e. The van der Waals surface area contributed by atoms with E-state index >= 15 is 0 Å². The number of H-pyrrole nitrogens is 1. The summed E-state index contributed by atoms with van der Waals surface area (Å²) in [4.78, 5) is 7.15. The minimum absolute atomic E-state index is 0.390. The second-order valence-electron chi connectivity index (χ2n) is 3.03. The van der Waals surface area contributed by atoms with Gasteiger partial charge in [-0.25, -0.2) is 4.98 Å². The molecule has 0 aliphatic carbocycles. The van der Waals surface area contributed by atoms with Gasteiger partial charge in [0.2, 0.25) is 0 Å².